The second kappa shape index (κ2) is 8.73. The number of anilines is 2. The van der Waals surface area contributed by atoms with Crippen LogP contribution in [-0.4, -0.2) is 34.7 Å². The minimum absolute atomic E-state index is 0.0167. The highest BCUT2D eigenvalue weighted by atomic mass is 35.5. The van der Waals surface area contributed by atoms with E-state index in [0.29, 0.717) is 16.9 Å². The molecule has 0 atom stereocenters. The van der Waals surface area contributed by atoms with Gasteiger partial charge in [-0.1, -0.05) is 11.6 Å². The van der Waals surface area contributed by atoms with Gasteiger partial charge in [0.25, 0.3) is 15.9 Å². The molecule has 0 saturated carbocycles. The highest BCUT2D eigenvalue weighted by Crippen LogP contribution is 2.20. The van der Waals surface area contributed by atoms with Gasteiger partial charge in [0.1, 0.15) is 11.5 Å². The van der Waals surface area contributed by atoms with Crippen LogP contribution in [0.15, 0.2) is 71.6 Å². The molecule has 0 aliphatic rings. The van der Waals surface area contributed by atoms with E-state index in [2.05, 4.69) is 30.4 Å². The summed E-state index contributed by atoms with van der Waals surface area (Å²) in [5, 5.41) is 16.7. The fourth-order valence-electron chi connectivity index (χ4n) is 2.69. The summed E-state index contributed by atoms with van der Waals surface area (Å²) in [6.45, 7) is 0. The second-order valence-corrected chi connectivity index (χ2v) is 8.57. The lowest BCUT2D eigenvalue weighted by atomic mass is 10.1. The highest BCUT2D eigenvalue weighted by molar-refractivity contribution is 7.92. The standard InChI is InChI=1S/C20H14ClFN6O3S/c21-18-9-10-19(27-26-18)28-32(30,31)15-7-5-14(6-8-15)23-20(29)17-11-16(24-25-17)12-1-3-13(22)4-2-12/h1-11H,(H,23,29)(H,24,25)(H,27,28). The molecule has 0 aliphatic heterocycles. The number of amides is 1. The van der Waals surface area contributed by atoms with Gasteiger partial charge in [-0.15, -0.1) is 10.2 Å². The minimum atomic E-state index is -3.91. The van der Waals surface area contributed by atoms with Crippen LogP contribution < -0.4 is 10.0 Å². The third-order valence-electron chi connectivity index (χ3n) is 4.26. The number of aromatic amines is 1. The predicted octanol–water partition coefficient (Wildman–Crippen LogP) is 3.71. The predicted molar refractivity (Wildman–Crippen MR) is 116 cm³/mol. The van der Waals surface area contributed by atoms with Crippen molar-refractivity contribution in [2.24, 2.45) is 0 Å². The Bertz CT molecular complexity index is 1360. The molecule has 2 heterocycles. The molecule has 0 fully saturated rings. The number of benzene rings is 2. The number of aromatic nitrogens is 4. The van der Waals surface area contributed by atoms with E-state index >= 15 is 0 Å². The van der Waals surface area contributed by atoms with Gasteiger partial charge in [0.05, 0.1) is 10.6 Å². The van der Waals surface area contributed by atoms with Crippen LogP contribution in [0.1, 0.15) is 10.5 Å². The number of rotatable bonds is 6. The normalized spacial score (nSPS) is 11.2. The van der Waals surface area contributed by atoms with Crippen LogP contribution in [0, 0.1) is 5.82 Å². The summed E-state index contributed by atoms with van der Waals surface area (Å²) >= 11 is 5.64. The van der Waals surface area contributed by atoms with Crippen molar-refractivity contribution in [3.8, 4) is 11.3 Å². The number of sulfonamides is 1. The van der Waals surface area contributed by atoms with Gasteiger partial charge in [-0.3, -0.25) is 14.6 Å². The molecule has 32 heavy (non-hydrogen) atoms. The summed E-state index contributed by atoms with van der Waals surface area (Å²) in [6, 6.07) is 15.6. The van der Waals surface area contributed by atoms with E-state index in [0.717, 1.165) is 0 Å². The molecule has 12 heteroatoms. The number of carbonyl (C=O) groups excluding carboxylic acids is 1. The molecule has 1 amide bonds. The van der Waals surface area contributed by atoms with Gasteiger partial charge in [0.15, 0.2) is 11.0 Å². The van der Waals surface area contributed by atoms with Crippen molar-refractivity contribution in [1.82, 2.24) is 20.4 Å². The maximum atomic E-state index is 13.1. The van der Waals surface area contributed by atoms with Crippen LogP contribution in [0.3, 0.4) is 0 Å². The van der Waals surface area contributed by atoms with E-state index in [1.807, 2.05) is 0 Å². The van der Waals surface area contributed by atoms with Crippen molar-refractivity contribution in [2.75, 3.05) is 10.0 Å². The first kappa shape index (κ1) is 21.4. The van der Waals surface area contributed by atoms with Crippen molar-refractivity contribution in [3.05, 3.63) is 83.4 Å². The molecule has 0 unspecified atom stereocenters. The quantitative estimate of drug-likeness (QED) is 0.392. The number of nitrogens with zero attached hydrogens (tertiary/aromatic N) is 3. The Morgan fingerprint density at radius 3 is 2.34 bits per heavy atom. The number of H-pyrrole nitrogens is 1. The Balaban J connectivity index is 1.43. The van der Waals surface area contributed by atoms with Crippen LogP contribution >= 0.6 is 11.6 Å². The summed E-state index contributed by atoms with van der Waals surface area (Å²) < 4.78 is 40.3. The van der Waals surface area contributed by atoms with Crippen molar-refractivity contribution in [3.63, 3.8) is 0 Å². The molecule has 0 aliphatic carbocycles. The average Bonchev–Trinajstić information content (AvgIpc) is 3.27. The number of hydrogen-bond acceptors (Lipinski definition) is 6. The van der Waals surface area contributed by atoms with Crippen molar-refractivity contribution < 1.29 is 17.6 Å². The van der Waals surface area contributed by atoms with Crippen molar-refractivity contribution in [1.29, 1.82) is 0 Å². The molecule has 0 saturated heterocycles. The molecule has 9 nitrogen and oxygen atoms in total. The molecule has 4 aromatic rings. The zero-order valence-corrected chi connectivity index (χ0v) is 17.7. The van der Waals surface area contributed by atoms with Gasteiger partial charge in [0, 0.05) is 11.3 Å². The molecular weight excluding hydrogens is 459 g/mol. The Kier molecular flexibility index (Phi) is 5.84. The molecule has 162 valence electrons. The molecule has 4 rings (SSSR count). The highest BCUT2D eigenvalue weighted by Gasteiger charge is 2.16. The molecule has 2 aromatic heterocycles. The molecule has 0 bridgehead atoms. The number of hydrogen-bond donors (Lipinski definition) is 3. The minimum Gasteiger partial charge on any atom is -0.321 e. The maximum absolute atomic E-state index is 13.1. The average molecular weight is 473 g/mol. The molecule has 0 radical (unpaired) electrons. The lowest BCUT2D eigenvalue weighted by molar-refractivity contribution is 0.102. The Morgan fingerprint density at radius 1 is 0.969 bits per heavy atom. The summed E-state index contributed by atoms with van der Waals surface area (Å²) in [6.07, 6.45) is 0. The van der Waals surface area contributed by atoms with Crippen LogP contribution in [-0.2, 0) is 10.0 Å². The molecular formula is C20H14ClFN6O3S. The van der Waals surface area contributed by atoms with Crippen LogP contribution in [0.5, 0.6) is 0 Å². The van der Waals surface area contributed by atoms with Gasteiger partial charge in [0.2, 0.25) is 0 Å². The monoisotopic (exact) mass is 472 g/mol. The zero-order valence-electron chi connectivity index (χ0n) is 16.1. The van der Waals surface area contributed by atoms with E-state index in [1.54, 1.807) is 12.1 Å². The lowest BCUT2D eigenvalue weighted by Crippen LogP contribution is -2.15. The van der Waals surface area contributed by atoms with Crippen LogP contribution in [0.25, 0.3) is 11.3 Å². The van der Waals surface area contributed by atoms with E-state index < -0.39 is 15.9 Å². The first-order valence-electron chi connectivity index (χ1n) is 9.05. The summed E-state index contributed by atoms with van der Waals surface area (Å²) in [5.74, 6) is -0.831. The van der Waals surface area contributed by atoms with Gasteiger partial charge in [-0.05, 0) is 66.7 Å². The second-order valence-electron chi connectivity index (χ2n) is 6.50. The maximum Gasteiger partial charge on any atom is 0.273 e. The zero-order chi connectivity index (χ0) is 22.7. The third kappa shape index (κ3) is 4.90. The summed E-state index contributed by atoms with van der Waals surface area (Å²) in [4.78, 5) is 12.4. The fraction of sp³-hybridized carbons (Fsp3) is 0. The largest absolute Gasteiger partial charge is 0.321 e. The first-order valence-corrected chi connectivity index (χ1v) is 10.9. The third-order valence-corrected chi connectivity index (χ3v) is 5.83. The van der Waals surface area contributed by atoms with Crippen molar-refractivity contribution >= 4 is 39.0 Å². The van der Waals surface area contributed by atoms with Gasteiger partial charge >= 0.3 is 0 Å². The van der Waals surface area contributed by atoms with Gasteiger partial charge < -0.3 is 5.32 Å². The Morgan fingerprint density at radius 2 is 1.69 bits per heavy atom. The summed E-state index contributed by atoms with van der Waals surface area (Å²) in [5.41, 5.74) is 1.68. The lowest BCUT2D eigenvalue weighted by Gasteiger charge is -2.08. The van der Waals surface area contributed by atoms with Gasteiger partial charge in [-0.25, -0.2) is 12.8 Å². The smallest absolute Gasteiger partial charge is 0.273 e. The van der Waals surface area contributed by atoms with E-state index in [1.165, 1.54) is 54.6 Å². The van der Waals surface area contributed by atoms with E-state index in [-0.39, 0.29) is 27.4 Å². The number of nitrogens with one attached hydrogen (secondary N) is 3. The van der Waals surface area contributed by atoms with Crippen LogP contribution in [0.2, 0.25) is 5.15 Å². The molecule has 2 aromatic carbocycles. The summed E-state index contributed by atoms with van der Waals surface area (Å²) in [7, 11) is -3.91. The van der Waals surface area contributed by atoms with Gasteiger partial charge in [-0.2, -0.15) is 5.10 Å². The van der Waals surface area contributed by atoms with Crippen LogP contribution in [0.4, 0.5) is 15.9 Å². The van der Waals surface area contributed by atoms with E-state index in [9.17, 15) is 17.6 Å². The first-order chi connectivity index (χ1) is 15.3. The molecule has 0 spiro atoms. The number of halogens is 2. The van der Waals surface area contributed by atoms with E-state index in [4.69, 9.17) is 11.6 Å². The SMILES string of the molecule is O=C(Nc1ccc(S(=O)(=O)Nc2ccc(Cl)nn2)cc1)c1cc(-c2ccc(F)cc2)n[nH]1. The number of carbonyl (C=O) groups is 1. The Labute approximate surface area is 186 Å². The fourth-order valence-corrected chi connectivity index (χ4v) is 3.79. The molecule has 3 N–H and O–H groups in total. The Hall–Kier alpha value is -3.83. The van der Waals surface area contributed by atoms with Crippen molar-refractivity contribution in [2.45, 2.75) is 4.90 Å². The topological polar surface area (TPSA) is 130 Å².